The average Bonchev–Trinajstić information content (AvgIpc) is 2.46. The number of hydrogen-bond acceptors (Lipinski definition) is 3. The van der Waals surface area contributed by atoms with Gasteiger partial charge >= 0.3 is 0 Å². The SMILES string of the molecule is CC1CCCN(CCNC(=O)CCC2CCNCC2)C1.Cl.Cl. The van der Waals surface area contributed by atoms with Crippen LogP contribution in [-0.2, 0) is 4.79 Å². The summed E-state index contributed by atoms with van der Waals surface area (Å²) in [7, 11) is 0. The summed E-state index contributed by atoms with van der Waals surface area (Å²) < 4.78 is 0. The summed E-state index contributed by atoms with van der Waals surface area (Å²) in [6.07, 6.45) is 6.91. The van der Waals surface area contributed by atoms with E-state index in [0.717, 1.165) is 44.4 Å². The fourth-order valence-corrected chi connectivity index (χ4v) is 3.44. The van der Waals surface area contributed by atoms with Crippen LogP contribution in [-0.4, -0.2) is 50.1 Å². The molecule has 2 fully saturated rings. The van der Waals surface area contributed by atoms with E-state index >= 15 is 0 Å². The van der Waals surface area contributed by atoms with E-state index in [0.29, 0.717) is 6.42 Å². The predicted molar refractivity (Wildman–Crippen MR) is 97.2 cm³/mol. The molecule has 132 valence electrons. The van der Waals surface area contributed by atoms with Crippen LogP contribution in [0.3, 0.4) is 0 Å². The molecule has 2 heterocycles. The first-order valence-electron chi connectivity index (χ1n) is 8.44. The molecule has 0 aromatic rings. The van der Waals surface area contributed by atoms with Crippen LogP contribution in [0.15, 0.2) is 0 Å². The van der Waals surface area contributed by atoms with Crippen molar-refractivity contribution in [2.75, 3.05) is 39.3 Å². The van der Waals surface area contributed by atoms with Crippen molar-refractivity contribution in [1.29, 1.82) is 0 Å². The van der Waals surface area contributed by atoms with E-state index in [4.69, 9.17) is 0 Å². The van der Waals surface area contributed by atoms with E-state index in [1.54, 1.807) is 0 Å². The molecule has 0 spiro atoms. The summed E-state index contributed by atoms with van der Waals surface area (Å²) in [6.45, 7) is 8.81. The third kappa shape index (κ3) is 8.56. The largest absolute Gasteiger partial charge is 0.355 e. The van der Waals surface area contributed by atoms with Gasteiger partial charge in [-0.05, 0) is 63.6 Å². The van der Waals surface area contributed by atoms with Crippen molar-refractivity contribution in [2.24, 2.45) is 11.8 Å². The van der Waals surface area contributed by atoms with E-state index in [9.17, 15) is 4.79 Å². The Morgan fingerprint density at radius 3 is 2.64 bits per heavy atom. The molecule has 1 amide bonds. The second-order valence-corrected chi connectivity index (χ2v) is 6.63. The second-order valence-electron chi connectivity index (χ2n) is 6.63. The molecular weight excluding hydrogens is 321 g/mol. The highest BCUT2D eigenvalue weighted by Crippen LogP contribution is 2.17. The maximum absolute atomic E-state index is 11.8. The lowest BCUT2D eigenvalue weighted by atomic mass is 9.93. The number of hydrogen-bond donors (Lipinski definition) is 2. The number of carbonyl (C=O) groups is 1. The molecule has 4 nitrogen and oxygen atoms in total. The van der Waals surface area contributed by atoms with Gasteiger partial charge in [0.25, 0.3) is 0 Å². The molecule has 2 aliphatic heterocycles. The van der Waals surface area contributed by atoms with Crippen molar-refractivity contribution in [1.82, 2.24) is 15.5 Å². The maximum atomic E-state index is 11.8. The monoisotopic (exact) mass is 353 g/mol. The van der Waals surface area contributed by atoms with Gasteiger partial charge in [0.15, 0.2) is 0 Å². The molecule has 0 aromatic carbocycles. The van der Waals surface area contributed by atoms with Gasteiger partial charge < -0.3 is 15.5 Å². The van der Waals surface area contributed by atoms with Gasteiger partial charge in [0.2, 0.25) is 5.91 Å². The average molecular weight is 354 g/mol. The zero-order chi connectivity index (χ0) is 14.2. The second kappa shape index (κ2) is 12.4. The topological polar surface area (TPSA) is 44.4 Å². The zero-order valence-electron chi connectivity index (χ0n) is 13.8. The van der Waals surface area contributed by atoms with Crippen LogP contribution in [0.5, 0.6) is 0 Å². The van der Waals surface area contributed by atoms with Crippen LogP contribution in [0.1, 0.15) is 45.4 Å². The fraction of sp³-hybridized carbons (Fsp3) is 0.938. The maximum Gasteiger partial charge on any atom is 0.220 e. The van der Waals surface area contributed by atoms with Crippen LogP contribution in [0.2, 0.25) is 0 Å². The van der Waals surface area contributed by atoms with Crippen LogP contribution < -0.4 is 10.6 Å². The number of amides is 1. The molecule has 1 unspecified atom stereocenters. The summed E-state index contributed by atoms with van der Waals surface area (Å²) in [5, 5.41) is 6.46. The van der Waals surface area contributed by atoms with Crippen molar-refractivity contribution in [2.45, 2.75) is 45.4 Å². The first-order chi connectivity index (χ1) is 9.74. The lowest BCUT2D eigenvalue weighted by Crippen LogP contribution is -2.40. The molecule has 6 heteroatoms. The van der Waals surface area contributed by atoms with Gasteiger partial charge in [0.05, 0.1) is 0 Å². The Hall–Kier alpha value is -0.0300. The molecule has 0 saturated carbocycles. The molecule has 2 saturated heterocycles. The zero-order valence-corrected chi connectivity index (χ0v) is 15.4. The summed E-state index contributed by atoms with van der Waals surface area (Å²) in [6, 6.07) is 0. The summed E-state index contributed by atoms with van der Waals surface area (Å²) in [5.74, 6) is 1.82. The van der Waals surface area contributed by atoms with E-state index in [1.165, 1.54) is 38.8 Å². The van der Waals surface area contributed by atoms with E-state index in [1.807, 2.05) is 0 Å². The lowest BCUT2D eigenvalue weighted by molar-refractivity contribution is -0.121. The highest BCUT2D eigenvalue weighted by molar-refractivity contribution is 5.85. The quantitative estimate of drug-likeness (QED) is 0.770. The normalized spacial score (nSPS) is 23.2. The van der Waals surface area contributed by atoms with Gasteiger partial charge in [-0.25, -0.2) is 0 Å². The van der Waals surface area contributed by atoms with E-state index in [2.05, 4.69) is 22.5 Å². The number of carbonyl (C=O) groups excluding carboxylic acids is 1. The van der Waals surface area contributed by atoms with Gasteiger partial charge in [-0.2, -0.15) is 0 Å². The number of nitrogens with one attached hydrogen (secondary N) is 2. The summed E-state index contributed by atoms with van der Waals surface area (Å²) in [4.78, 5) is 14.3. The van der Waals surface area contributed by atoms with Crippen LogP contribution in [0.25, 0.3) is 0 Å². The number of rotatable bonds is 6. The Morgan fingerprint density at radius 1 is 1.23 bits per heavy atom. The highest BCUT2D eigenvalue weighted by Gasteiger charge is 2.16. The highest BCUT2D eigenvalue weighted by atomic mass is 35.5. The molecule has 0 bridgehead atoms. The van der Waals surface area contributed by atoms with Crippen molar-refractivity contribution in [3.8, 4) is 0 Å². The lowest BCUT2D eigenvalue weighted by Gasteiger charge is -2.30. The first-order valence-corrected chi connectivity index (χ1v) is 8.44. The smallest absolute Gasteiger partial charge is 0.220 e. The number of piperidine rings is 2. The number of nitrogens with zero attached hydrogens (tertiary/aromatic N) is 1. The van der Waals surface area contributed by atoms with Gasteiger partial charge in [-0.3, -0.25) is 4.79 Å². The molecule has 1 atom stereocenters. The molecule has 2 rings (SSSR count). The number of halogens is 2. The van der Waals surface area contributed by atoms with E-state index < -0.39 is 0 Å². The minimum atomic E-state index is 0. The van der Waals surface area contributed by atoms with Crippen molar-refractivity contribution in [3.63, 3.8) is 0 Å². The number of likely N-dealkylation sites (tertiary alicyclic amines) is 1. The molecule has 0 radical (unpaired) electrons. The van der Waals surface area contributed by atoms with Crippen molar-refractivity contribution in [3.05, 3.63) is 0 Å². The molecule has 22 heavy (non-hydrogen) atoms. The molecule has 2 aliphatic rings. The van der Waals surface area contributed by atoms with Gasteiger partial charge in [0, 0.05) is 26.1 Å². The Labute approximate surface area is 148 Å². The molecule has 0 aliphatic carbocycles. The summed E-state index contributed by atoms with van der Waals surface area (Å²) in [5.41, 5.74) is 0. The van der Waals surface area contributed by atoms with Gasteiger partial charge in [-0.1, -0.05) is 6.92 Å². The van der Waals surface area contributed by atoms with Crippen molar-refractivity contribution < 1.29 is 4.79 Å². The Bertz CT molecular complexity index is 299. The predicted octanol–water partition coefficient (Wildman–Crippen LogP) is 2.46. The van der Waals surface area contributed by atoms with E-state index in [-0.39, 0.29) is 30.7 Å². The minimum absolute atomic E-state index is 0. The van der Waals surface area contributed by atoms with Crippen LogP contribution in [0, 0.1) is 11.8 Å². The van der Waals surface area contributed by atoms with Gasteiger partial charge in [-0.15, -0.1) is 24.8 Å². The summed E-state index contributed by atoms with van der Waals surface area (Å²) >= 11 is 0. The van der Waals surface area contributed by atoms with Crippen LogP contribution >= 0.6 is 24.8 Å². The molecular formula is C16H33Cl2N3O. The standard InChI is InChI=1S/C16H31N3O.2ClH/c1-14-3-2-11-19(13-14)12-10-18-16(20)5-4-15-6-8-17-9-7-15;;/h14-15,17H,2-13H2,1H3,(H,18,20);2*1H. The van der Waals surface area contributed by atoms with Gasteiger partial charge in [0.1, 0.15) is 0 Å². The Balaban J connectivity index is 0.00000220. The fourth-order valence-electron chi connectivity index (χ4n) is 3.44. The Kier molecular flexibility index (Phi) is 12.4. The third-order valence-corrected chi connectivity index (χ3v) is 4.73. The van der Waals surface area contributed by atoms with Crippen molar-refractivity contribution >= 4 is 30.7 Å². The Morgan fingerprint density at radius 2 is 1.95 bits per heavy atom. The first kappa shape index (κ1) is 22.0. The molecule has 2 N–H and O–H groups in total. The van der Waals surface area contributed by atoms with Crippen LogP contribution in [0.4, 0.5) is 0 Å². The minimum Gasteiger partial charge on any atom is -0.355 e. The molecule has 0 aromatic heterocycles. The third-order valence-electron chi connectivity index (χ3n) is 4.73.